The summed E-state index contributed by atoms with van der Waals surface area (Å²) in [5, 5.41) is 13.9. The number of carbonyl (C=O) groups excluding carboxylic acids is 1. The van der Waals surface area contributed by atoms with E-state index in [4.69, 9.17) is 17.3 Å². The summed E-state index contributed by atoms with van der Waals surface area (Å²) in [6, 6.07) is 10.4. The van der Waals surface area contributed by atoms with E-state index in [1.807, 2.05) is 0 Å². The van der Waals surface area contributed by atoms with Crippen molar-refractivity contribution in [3.8, 4) is 0 Å². The first kappa shape index (κ1) is 13.8. The van der Waals surface area contributed by atoms with E-state index in [2.05, 4.69) is 5.32 Å². The van der Waals surface area contributed by atoms with Gasteiger partial charge in [0.05, 0.1) is 4.92 Å². The quantitative estimate of drug-likeness (QED) is 0.516. The lowest BCUT2D eigenvalue weighted by molar-refractivity contribution is -0.385. The largest absolute Gasteiger partial charge is 0.399 e. The molecule has 0 heterocycles. The minimum Gasteiger partial charge on any atom is -0.399 e. The second-order valence-electron chi connectivity index (χ2n) is 4.00. The maximum absolute atomic E-state index is 12.1. The molecule has 0 bridgehead atoms. The van der Waals surface area contributed by atoms with Crippen LogP contribution >= 0.6 is 11.6 Å². The van der Waals surface area contributed by atoms with Gasteiger partial charge in [-0.1, -0.05) is 17.7 Å². The van der Waals surface area contributed by atoms with E-state index < -0.39 is 10.8 Å². The highest BCUT2D eigenvalue weighted by Gasteiger charge is 2.20. The van der Waals surface area contributed by atoms with Gasteiger partial charge < -0.3 is 11.1 Å². The number of nitrogen functional groups attached to an aromatic ring is 1. The average Bonchev–Trinajstić information content (AvgIpc) is 2.38. The number of hydrogen-bond donors (Lipinski definition) is 2. The van der Waals surface area contributed by atoms with Crippen LogP contribution in [0.4, 0.5) is 17.1 Å². The molecule has 1 amide bonds. The van der Waals surface area contributed by atoms with Gasteiger partial charge in [-0.15, -0.1) is 0 Å². The van der Waals surface area contributed by atoms with E-state index in [1.165, 1.54) is 12.1 Å². The topological polar surface area (TPSA) is 98.3 Å². The molecule has 3 N–H and O–H groups in total. The summed E-state index contributed by atoms with van der Waals surface area (Å²) < 4.78 is 0. The lowest BCUT2D eigenvalue weighted by atomic mass is 10.1. The van der Waals surface area contributed by atoms with Crippen LogP contribution in [0.2, 0.25) is 5.02 Å². The zero-order valence-corrected chi connectivity index (χ0v) is 10.9. The Morgan fingerprint density at radius 3 is 2.65 bits per heavy atom. The normalized spacial score (nSPS) is 10.1. The van der Waals surface area contributed by atoms with Gasteiger partial charge in [0.15, 0.2) is 0 Å². The van der Waals surface area contributed by atoms with Gasteiger partial charge in [0, 0.05) is 22.5 Å². The second kappa shape index (κ2) is 5.58. The summed E-state index contributed by atoms with van der Waals surface area (Å²) in [5.41, 5.74) is 5.75. The van der Waals surface area contributed by atoms with Gasteiger partial charge in [0.2, 0.25) is 0 Å². The number of nitrogens with zero attached hydrogens (tertiary/aromatic N) is 1. The third kappa shape index (κ3) is 3.04. The van der Waals surface area contributed by atoms with Crippen LogP contribution in [0.1, 0.15) is 10.4 Å². The number of rotatable bonds is 3. The maximum Gasteiger partial charge on any atom is 0.284 e. The van der Waals surface area contributed by atoms with Crippen LogP contribution in [-0.4, -0.2) is 10.8 Å². The molecule has 0 aliphatic rings. The second-order valence-corrected chi connectivity index (χ2v) is 4.43. The Hall–Kier alpha value is -2.60. The number of amides is 1. The van der Waals surface area contributed by atoms with E-state index >= 15 is 0 Å². The summed E-state index contributed by atoms with van der Waals surface area (Å²) in [5.74, 6) is -0.598. The average molecular weight is 292 g/mol. The van der Waals surface area contributed by atoms with Crippen molar-refractivity contribution in [3.05, 3.63) is 63.2 Å². The first-order valence-electron chi connectivity index (χ1n) is 5.58. The monoisotopic (exact) mass is 291 g/mol. The van der Waals surface area contributed by atoms with Crippen molar-refractivity contribution >= 4 is 34.6 Å². The molecule has 0 saturated carbocycles. The van der Waals surface area contributed by atoms with E-state index in [-0.39, 0.29) is 16.9 Å². The molecule has 0 aliphatic carbocycles. The summed E-state index contributed by atoms with van der Waals surface area (Å²) in [6.45, 7) is 0. The molecule has 102 valence electrons. The van der Waals surface area contributed by atoms with Gasteiger partial charge in [-0.2, -0.15) is 0 Å². The van der Waals surface area contributed by atoms with Crippen LogP contribution in [0.15, 0.2) is 42.5 Å². The molecule has 0 aromatic heterocycles. The zero-order chi connectivity index (χ0) is 14.7. The fraction of sp³-hybridized carbons (Fsp3) is 0. The van der Waals surface area contributed by atoms with Crippen LogP contribution in [-0.2, 0) is 0 Å². The molecule has 2 aromatic carbocycles. The van der Waals surface area contributed by atoms with Gasteiger partial charge >= 0.3 is 0 Å². The van der Waals surface area contributed by atoms with Gasteiger partial charge in [-0.05, 0) is 30.3 Å². The number of halogens is 1. The Labute approximate surface area is 119 Å². The van der Waals surface area contributed by atoms with Gasteiger partial charge in [0.1, 0.15) is 5.56 Å². The SMILES string of the molecule is Nc1ccc(C(=O)Nc2cccc(Cl)c2)c([N+](=O)[O-])c1. The molecular weight excluding hydrogens is 282 g/mol. The van der Waals surface area contributed by atoms with Crippen LogP contribution < -0.4 is 11.1 Å². The molecule has 0 saturated heterocycles. The molecule has 0 radical (unpaired) electrons. The van der Waals surface area contributed by atoms with Crippen molar-refractivity contribution in [2.45, 2.75) is 0 Å². The first-order chi connectivity index (χ1) is 9.47. The number of nitro groups is 1. The van der Waals surface area contributed by atoms with E-state index in [0.717, 1.165) is 6.07 Å². The van der Waals surface area contributed by atoms with Crippen molar-refractivity contribution in [3.63, 3.8) is 0 Å². The molecule has 0 unspecified atom stereocenters. The molecular formula is C13H10ClN3O3. The van der Waals surface area contributed by atoms with Crippen LogP contribution in [0.5, 0.6) is 0 Å². The number of hydrogen-bond acceptors (Lipinski definition) is 4. The predicted molar refractivity (Wildman–Crippen MR) is 76.9 cm³/mol. The smallest absolute Gasteiger partial charge is 0.284 e. The van der Waals surface area contributed by atoms with Crippen molar-refractivity contribution in [2.24, 2.45) is 0 Å². The Bertz CT molecular complexity index is 688. The van der Waals surface area contributed by atoms with Crippen LogP contribution in [0, 0.1) is 10.1 Å². The van der Waals surface area contributed by atoms with Gasteiger partial charge in [-0.3, -0.25) is 14.9 Å². The van der Waals surface area contributed by atoms with E-state index in [0.29, 0.717) is 10.7 Å². The summed E-state index contributed by atoms with van der Waals surface area (Å²) >= 11 is 5.80. The molecule has 2 aromatic rings. The van der Waals surface area contributed by atoms with Crippen molar-refractivity contribution in [1.82, 2.24) is 0 Å². The zero-order valence-electron chi connectivity index (χ0n) is 10.2. The number of nitrogens with two attached hydrogens (primary N) is 1. The molecule has 6 nitrogen and oxygen atoms in total. The van der Waals surface area contributed by atoms with Gasteiger partial charge in [0.25, 0.3) is 11.6 Å². The molecule has 2 rings (SSSR count). The van der Waals surface area contributed by atoms with Crippen LogP contribution in [0.25, 0.3) is 0 Å². The van der Waals surface area contributed by atoms with E-state index in [1.54, 1.807) is 24.3 Å². The highest BCUT2D eigenvalue weighted by Crippen LogP contribution is 2.23. The molecule has 0 atom stereocenters. The maximum atomic E-state index is 12.1. The Kier molecular flexibility index (Phi) is 3.86. The number of carbonyl (C=O) groups is 1. The molecule has 0 aliphatic heterocycles. The molecule has 0 fully saturated rings. The summed E-state index contributed by atoms with van der Waals surface area (Å²) in [7, 11) is 0. The summed E-state index contributed by atoms with van der Waals surface area (Å²) in [4.78, 5) is 22.3. The van der Waals surface area contributed by atoms with Crippen molar-refractivity contribution in [2.75, 3.05) is 11.1 Å². The fourth-order valence-corrected chi connectivity index (χ4v) is 1.85. The molecule has 0 spiro atoms. The third-order valence-electron chi connectivity index (χ3n) is 2.55. The number of benzene rings is 2. The number of nitro benzene ring substituents is 1. The lowest BCUT2D eigenvalue weighted by Gasteiger charge is -2.06. The van der Waals surface area contributed by atoms with Crippen molar-refractivity contribution < 1.29 is 9.72 Å². The lowest BCUT2D eigenvalue weighted by Crippen LogP contribution is -2.14. The third-order valence-corrected chi connectivity index (χ3v) is 2.78. The number of nitrogens with one attached hydrogen (secondary N) is 1. The summed E-state index contributed by atoms with van der Waals surface area (Å²) in [6.07, 6.45) is 0. The first-order valence-corrected chi connectivity index (χ1v) is 5.96. The molecule has 7 heteroatoms. The predicted octanol–water partition coefficient (Wildman–Crippen LogP) is 3.08. The Morgan fingerprint density at radius 2 is 2.00 bits per heavy atom. The van der Waals surface area contributed by atoms with Crippen molar-refractivity contribution in [1.29, 1.82) is 0 Å². The standard InChI is InChI=1S/C13H10ClN3O3/c14-8-2-1-3-10(6-8)16-13(18)11-5-4-9(15)7-12(11)17(19)20/h1-7H,15H2,(H,16,18). The number of anilines is 2. The van der Waals surface area contributed by atoms with Gasteiger partial charge in [-0.25, -0.2) is 0 Å². The fourth-order valence-electron chi connectivity index (χ4n) is 1.66. The minimum absolute atomic E-state index is 0.0656. The Balaban J connectivity index is 2.32. The Morgan fingerprint density at radius 1 is 1.25 bits per heavy atom. The van der Waals surface area contributed by atoms with E-state index in [9.17, 15) is 14.9 Å². The molecule has 20 heavy (non-hydrogen) atoms. The van der Waals surface area contributed by atoms with Crippen LogP contribution in [0.3, 0.4) is 0 Å². The minimum atomic E-state index is -0.650. The highest BCUT2D eigenvalue weighted by molar-refractivity contribution is 6.31. The highest BCUT2D eigenvalue weighted by atomic mass is 35.5.